The standard InChI is InChI=1S/C35H49N3O5S/c1-9-23(21-39)38-28-31(42)37(33(6,7)22-32(3,4)5)20-12-18-35(28)27(30(38)41)26-29(40)36(19-11-17-34(26,8)44-35)24-13-15-25(16-14-24)43-10-2/h11-18,23,26-28,39H,9-10,19-22H2,1-8H3/t23-,26-,27-,28?,34+,35-/m0/s1. The average Bonchev–Trinajstić information content (AvgIpc) is 3.20. The molecular weight excluding hydrogens is 574 g/mol. The first kappa shape index (κ1) is 32.6. The first-order valence-corrected chi connectivity index (χ1v) is 16.8. The molecule has 3 amide bonds. The molecule has 1 spiro atoms. The van der Waals surface area contributed by atoms with Gasteiger partial charge in [-0.05, 0) is 70.2 Å². The highest BCUT2D eigenvalue weighted by atomic mass is 32.2. The molecule has 4 aliphatic rings. The molecular formula is C35H49N3O5S. The van der Waals surface area contributed by atoms with Crippen LogP contribution < -0.4 is 9.64 Å². The Hall–Kier alpha value is -2.78. The average molecular weight is 624 g/mol. The predicted molar refractivity (Wildman–Crippen MR) is 176 cm³/mol. The Morgan fingerprint density at radius 3 is 2.20 bits per heavy atom. The number of carbonyl (C=O) groups excluding carboxylic acids is 3. The molecule has 1 aromatic carbocycles. The van der Waals surface area contributed by atoms with Crippen LogP contribution in [0.5, 0.6) is 5.75 Å². The number of hydrogen-bond acceptors (Lipinski definition) is 6. The summed E-state index contributed by atoms with van der Waals surface area (Å²) >= 11 is 1.58. The number of anilines is 1. The Bertz CT molecular complexity index is 1350. The van der Waals surface area contributed by atoms with E-state index in [1.54, 1.807) is 21.6 Å². The van der Waals surface area contributed by atoms with Gasteiger partial charge in [-0.15, -0.1) is 11.8 Å². The van der Waals surface area contributed by atoms with Crippen molar-refractivity contribution in [3.05, 3.63) is 48.6 Å². The molecule has 8 nitrogen and oxygen atoms in total. The van der Waals surface area contributed by atoms with Gasteiger partial charge in [0, 0.05) is 29.1 Å². The third kappa shape index (κ3) is 5.27. The van der Waals surface area contributed by atoms with Gasteiger partial charge >= 0.3 is 0 Å². The summed E-state index contributed by atoms with van der Waals surface area (Å²) in [5, 5.41) is 10.5. The van der Waals surface area contributed by atoms with E-state index in [1.165, 1.54) is 0 Å². The van der Waals surface area contributed by atoms with Gasteiger partial charge in [0.15, 0.2) is 0 Å². The van der Waals surface area contributed by atoms with Crippen LogP contribution in [0.1, 0.15) is 68.2 Å². The zero-order chi connectivity index (χ0) is 32.2. The van der Waals surface area contributed by atoms with Crippen molar-refractivity contribution in [1.29, 1.82) is 0 Å². The number of amides is 3. The lowest BCUT2D eigenvalue weighted by molar-refractivity contribution is -0.149. The van der Waals surface area contributed by atoms with Gasteiger partial charge in [-0.3, -0.25) is 14.4 Å². The van der Waals surface area contributed by atoms with Crippen molar-refractivity contribution in [2.75, 3.05) is 31.2 Å². The van der Waals surface area contributed by atoms with Crippen LogP contribution in [0, 0.1) is 17.3 Å². The van der Waals surface area contributed by atoms with Crippen molar-refractivity contribution in [3.8, 4) is 5.75 Å². The van der Waals surface area contributed by atoms with Gasteiger partial charge in [0.25, 0.3) is 0 Å². The molecule has 44 heavy (non-hydrogen) atoms. The molecule has 6 atom stereocenters. The topological polar surface area (TPSA) is 90.4 Å². The smallest absolute Gasteiger partial charge is 0.247 e. The second kappa shape index (κ2) is 11.5. The van der Waals surface area contributed by atoms with Crippen molar-refractivity contribution in [2.24, 2.45) is 17.3 Å². The van der Waals surface area contributed by atoms with E-state index in [4.69, 9.17) is 4.74 Å². The summed E-state index contributed by atoms with van der Waals surface area (Å²) in [6.45, 7) is 17.7. The maximum Gasteiger partial charge on any atom is 0.247 e. The maximum atomic E-state index is 14.9. The lowest BCUT2D eigenvalue weighted by Gasteiger charge is -2.45. The molecule has 1 aromatic rings. The van der Waals surface area contributed by atoms with Gasteiger partial charge in [0.2, 0.25) is 17.7 Å². The number of aliphatic hydroxyl groups is 1. The van der Waals surface area contributed by atoms with Crippen LogP contribution in [0.15, 0.2) is 48.6 Å². The van der Waals surface area contributed by atoms with E-state index in [2.05, 4.69) is 46.8 Å². The molecule has 240 valence electrons. The van der Waals surface area contributed by atoms with Crippen molar-refractivity contribution in [3.63, 3.8) is 0 Å². The number of thioether (sulfide) groups is 1. The Morgan fingerprint density at radius 2 is 1.61 bits per heavy atom. The quantitative estimate of drug-likeness (QED) is 0.408. The van der Waals surface area contributed by atoms with Gasteiger partial charge in [-0.1, -0.05) is 52.0 Å². The first-order chi connectivity index (χ1) is 20.6. The zero-order valence-electron chi connectivity index (χ0n) is 27.5. The van der Waals surface area contributed by atoms with Gasteiger partial charge in [0.1, 0.15) is 11.8 Å². The zero-order valence-corrected chi connectivity index (χ0v) is 28.3. The number of likely N-dealkylation sites (tertiary alicyclic amines) is 1. The Morgan fingerprint density at radius 1 is 0.955 bits per heavy atom. The molecule has 4 heterocycles. The number of carbonyl (C=O) groups is 3. The van der Waals surface area contributed by atoms with Crippen LogP contribution in [0.2, 0.25) is 0 Å². The lowest BCUT2D eigenvalue weighted by atomic mass is 9.74. The number of fused-ring (bicyclic) bond motifs is 2. The summed E-state index contributed by atoms with van der Waals surface area (Å²) in [7, 11) is 0. The van der Waals surface area contributed by atoms with Crippen LogP contribution in [-0.4, -0.2) is 86.0 Å². The molecule has 5 rings (SSSR count). The minimum absolute atomic E-state index is 0.0213. The summed E-state index contributed by atoms with van der Waals surface area (Å²) < 4.78 is 3.96. The van der Waals surface area contributed by atoms with Crippen molar-refractivity contribution in [1.82, 2.24) is 9.80 Å². The Kier molecular flexibility index (Phi) is 8.55. The van der Waals surface area contributed by atoms with Gasteiger partial charge < -0.3 is 24.5 Å². The fourth-order valence-corrected chi connectivity index (χ4v) is 10.5. The third-order valence-electron chi connectivity index (χ3n) is 9.72. The van der Waals surface area contributed by atoms with Crippen molar-refractivity contribution < 1.29 is 24.2 Å². The minimum atomic E-state index is -0.954. The maximum absolute atomic E-state index is 14.9. The van der Waals surface area contributed by atoms with Crippen molar-refractivity contribution in [2.45, 2.75) is 95.3 Å². The van der Waals surface area contributed by atoms with E-state index in [-0.39, 0.29) is 29.7 Å². The second-order valence-electron chi connectivity index (χ2n) is 14.7. The van der Waals surface area contributed by atoms with Gasteiger partial charge in [0.05, 0.1) is 35.8 Å². The van der Waals surface area contributed by atoms with Gasteiger partial charge in [-0.25, -0.2) is 0 Å². The highest BCUT2D eigenvalue weighted by Gasteiger charge is 2.74. The fraction of sp³-hybridized carbons (Fsp3) is 0.629. The van der Waals surface area contributed by atoms with Gasteiger partial charge in [-0.2, -0.15) is 0 Å². The summed E-state index contributed by atoms with van der Waals surface area (Å²) in [4.78, 5) is 49.6. The molecule has 1 unspecified atom stereocenters. The number of benzene rings is 1. The fourth-order valence-electron chi connectivity index (χ4n) is 8.33. The molecule has 9 heteroatoms. The van der Waals surface area contributed by atoms with Crippen LogP contribution in [-0.2, 0) is 14.4 Å². The minimum Gasteiger partial charge on any atom is -0.494 e. The molecule has 0 bridgehead atoms. The normalized spacial score (nSPS) is 31.1. The summed E-state index contributed by atoms with van der Waals surface area (Å²) in [5.41, 5.74) is 0.241. The number of rotatable bonds is 8. The number of nitrogens with zero attached hydrogens (tertiary/aromatic N) is 3. The van der Waals surface area contributed by atoms with E-state index < -0.39 is 39.0 Å². The van der Waals surface area contributed by atoms with Crippen LogP contribution in [0.3, 0.4) is 0 Å². The molecule has 0 saturated carbocycles. The second-order valence-corrected chi connectivity index (χ2v) is 16.5. The Labute approximate surface area is 266 Å². The summed E-state index contributed by atoms with van der Waals surface area (Å²) in [5.74, 6) is -1.18. The highest BCUT2D eigenvalue weighted by Crippen LogP contribution is 2.66. The number of hydrogen-bond donors (Lipinski definition) is 1. The monoisotopic (exact) mass is 623 g/mol. The number of aliphatic hydroxyl groups excluding tert-OH is 1. The SMILES string of the molecule is CCOc1ccc(N2CC=C[C@@]3(C)S[C@]45C=CCN(C(C)(C)CC(C)(C)C)C(=O)C4N([C@@H](CC)CO)C(=O)[C@@H]5[C@H]3C2=O)cc1. The van der Waals surface area contributed by atoms with E-state index in [0.717, 1.165) is 17.9 Å². The summed E-state index contributed by atoms with van der Waals surface area (Å²) in [6, 6.07) is 6.12. The van der Waals surface area contributed by atoms with E-state index in [9.17, 15) is 19.5 Å². The van der Waals surface area contributed by atoms with Crippen LogP contribution in [0.4, 0.5) is 5.69 Å². The summed E-state index contributed by atoms with van der Waals surface area (Å²) in [6.07, 6.45) is 9.46. The van der Waals surface area contributed by atoms with E-state index in [0.29, 0.717) is 26.1 Å². The molecule has 4 aliphatic heterocycles. The van der Waals surface area contributed by atoms with Crippen LogP contribution in [0.25, 0.3) is 0 Å². The lowest BCUT2D eigenvalue weighted by Crippen LogP contribution is -2.60. The van der Waals surface area contributed by atoms with Crippen molar-refractivity contribution >= 4 is 35.2 Å². The van der Waals surface area contributed by atoms with E-state index in [1.807, 2.05) is 62.1 Å². The third-order valence-corrected chi connectivity index (χ3v) is 11.5. The largest absolute Gasteiger partial charge is 0.494 e. The molecule has 0 aliphatic carbocycles. The molecule has 1 N–H and O–H groups in total. The number of ether oxygens (including phenoxy) is 1. The molecule has 2 fully saturated rings. The molecule has 2 saturated heterocycles. The van der Waals surface area contributed by atoms with Crippen LogP contribution >= 0.6 is 11.8 Å². The molecule has 0 radical (unpaired) electrons. The predicted octanol–water partition coefficient (Wildman–Crippen LogP) is 5.06. The first-order valence-electron chi connectivity index (χ1n) is 16.0. The van der Waals surface area contributed by atoms with E-state index >= 15 is 0 Å². The highest BCUT2D eigenvalue weighted by molar-refractivity contribution is 8.02. The molecule has 0 aromatic heterocycles. The Balaban J connectivity index is 1.61.